The van der Waals surface area contributed by atoms with E-state index in [1.807, 2.05) is 12.1 Å². The minimum Gasteiger partial charge on any atom is -0.345 e. The lowest BCUT2D eigenvalue weighted by atomic mass is 10.2. The second kappa shape index (κ2) is 5.06. The Labute approximate surface area is 106 Å². The summed E-state index contributed by atoms with van der Waals surface area (Å²) < 4.78 is 1.10. The number of halogens is 1. The number of carbonyl (C=O) groups is 1. The maximum atomic E-state index is 11.7. The van der Waals surface area contributed by atoms with E-state index in [0.717, 1.165) is 3.57 Å². The van der Waals surface area contributed by atoms with E-state index in [9.17, 15) is 4.79 Å². The molecular formula is C10H9IN4O. The van der Waals surface area contributed by atoms with Crippen molar-refractivity contribution < 1.29 is 4.79 Å². The van der Waals surface area contributed by atoms with Gasteiger partial charge in [0.15, 0.2) is 0 Å². The third kappa shape index (κ3) is 2.78. The van der Waals surface area contributed by atoms with E-state index in [1.54, 1.807) is 12.1 Å². The molecule has 0 aliphatic carbocycles. The van der Waals surface area contributed by atoms with Crippen LogP contribution in [0, 0.1) is 3.57 Å². The highest BCUT2D eigenvalue weighted by Gasteiger charge is 2.05. The summed E-state index contributed by atoms with van der Waals surface area (Å²) in [7, 11) is 0. The Hall–Kier alpha value is -1.44. The van der Waals surface area contributed by atoms with Gasteiger partial charge >= 0.3 is 0 Å². The summed E-state index contributed by atoms with van der Waals surface area (Å²) in [5.74, 6) is 0.520. The van der Waals surface area contributed by atoms with Gasteiger partial charge in [-0.25, -0.2) is 4.98 Å². The molecule has 0 unspecified atom stereocenters. The number of aromatic nitrogens is 3. The van der Waals surface area contributed by atoms with Gasteiger partial charge in [0.25, 0.3) is 5.91 Å². The molecule has 6 heteroatoms. The molecule has 0 aliphatic heterocycles. The molecule has 0 saturated heterocycles. The predicted octanol–water partition coefficient (Wildman–Crippen LogP) is 1.34. The SMILES string of the molecule is O=C(NCc1ncn[nH]1)c1ccc(I)cc1. The minimum atomic E-state index is -0.118. The van der Waals surface area contributed by atoms with E-state index in [-0.39, 0.29) is 5.91 Å². The summed E-state index contributed by atoms with van der Waals surface area (Å²) >= 11 is 2.19. The largest absolute Gasteiger partial charge is 0.345 e. The molecule has 0 bridgehead atoms. The zero-order valence-electron chi connectivity index (χ0n) is 8.27. The van der Waals surface area contributed by atoms with E-state index in [0.29, 0.717) is 17.9 Å². The fraction of sp³-hybridized carbons (Fsp3) is 0.100. The van der Waals surface area contributed by atoms with Crippen molar-refractivity contribution >= 4 is 28.5 Å². The number of hydrogen-bond acceptors (Lipinski definition) is 3. The number of hydrogen-bond donors (Lipinski definition) is 2. The highest BCUT2D eigenvalue weighted by molar-refractivity contribution is 14.1. The molecule has 0 spiro atoms. The van der Waals surface area contributed by atoms with Gasteiger partial charge in [0, 0.05) is 9.13 Å². The van der Waals surface area contributed by atoms with Gasteiger partial charge in [0.1, 0.15) is 12.2 Å². The van der Waals surface area contributed by atoms with Crippen LogP contribution in [-0.4, -0.2) is 21.1 Å². The topological polar surface area (TPSA) is 70.7 Å². The van der Waals surface area contributed by atoms with Crippen LogP contribution in [0.2, 0.25) is 0 Å². The summed E-state index contributed by atoms with van der Waals surface area (Å²) in [6, 6.07) is 7.36. The Kier molecular flexibility index (Phi) is 3.50. The smallest absolute Gasteiger partial charge is 0.251 e. The first-order valence-electron chi connectivity index (χ1n) is 4.64. The first kappa shape index (κ1) is 11.1. The number of nitrogens with one attached hydrogen (secondary N) is 2. The molecule has 1 amide bonds. The summed E-state index contributed by atoms with van der Waals surface area (Å²) in [5.41, 5.74) is 0.639. The summed E-state index contributed by atoms with van der Waals surface area (Å²) in [6.07, 6.45) is 1.41. The first-order chi connectivity index (χ1) is 7.75. The molecular weight excluding hydrogens is 319 g/mol. The van der Waals surface area contributed by atoms with Gasteiger partial charge in [0.2, 0.25) is 0 Å². The Balaban J connectivity index is 1.95. The molecule has 1 aromatic carbocycles. The van der Waals surface area contributed by atoms with Gasteiger partial charge in [-0.15, -0.1) is 0 Å². The van der Waals surface area contributed by atoms with Crippen LogP contribution in [0.3, 0.4) is 0 Å². The lowest BCUT2D eigenvalue weighted by molar-refractivity contribution is 0.0950. The Bertz CT molecular complexity index is 466. The third-order valence-corrected chi connectivity index (χ3v) is 2.71. The van der Waals surface area contributed by atoms with Crippen molar-refractivity contribution in [2.75, 3.05) is 0 Å². The average molecular weight is 328 g/mol. The van der Waals surface area contributed by atoms with Gasteiger partial charge in [-0.1, -0.05) is 0 Å². The van der Waals surface area contributed by atoms with Crippen LogP contribution >= 0.6 is 22.6 Å². The van der Waals surface area contributed by atoms with Crippen molar-refractivity contribution in [1.29, 1.82) is 0 Å². The van der Waals surface area contributed by atoms with Crippen molar-refractivity contribution in [2.45, 2.75) is 6.54 Å². The van der Waals surface area contributed by atoms with Gasteiger partial charge in [-0.05, 0) is 46.9 Å². The number of benzene rings is 1. The molecule has 1 aromatic heterocycles. The first-order valence-corrected chi connectivity index (χ1v) is 5.71. The van der Waals surface area contributed by atoms with Crippen molar-refractivity contribution in [3.05, 3.63) is 45.6 Å². The molecule has 0 saturated carbocycles. The molecule has 1 heterocycles. The van der Waals surface area contributed by atoms with Crippen molar-refractivity contribution in [3.63, 3.8) is 0 Å². The monoisotopic (exact) mass is 328 g/mol. The Morgan fingerprint density at radius 2 is 2.12 bits per heavy atom. The number of carbonyl (C=O) groups excluding carboxylic acids is 1. The zero-order chi connectivity index (χ0) is 11.4. The highest BCUT2D eigenvalue weighted by atomic mass is 127. The molecule has 2 rings (SSSR count). The number of rotatable bonds is 3. The van der Waals surface area contributed by atoms with E-state index >= 15 is 0 Å². The lowest BCUT2D eigenvalue weighted by Crippen LogP contribution is -2.23. The molecule has 2 aromatic rings. The molecule has 0 atom stereocenters. The molecule has 82 valence electrons. The van der Waals surface area contributed by atoms with Gasteiger partial charge in [0.05, 0.1) is 6.54 Å². The van der Waals surface area contributed by atoms with Crippen molar-refractivity contribution in [1.82, 2.24) is 20.5 Å². The number of nitrogens with zero attached hydrogens (tertiary/aromatic N) is 2. The fourth-order valence-electron chi connectivity index (χ4n) is 1.18. The molecule has 2 N–H and O–H groups in total. The van der Waals surface area contributed by atoms with Crippen LogP contribution in [0.5, 0.6) is 0 Å². The van der Waals surface area contributed by atoms with E-state index < -0.39 is 0 Å². The average Bonchev–Trinajstić information content (AvgIpc) is 2.80. The molecule has 0 aliphatic rings. The standard InChI is InChI=1S/C10H9IN4O/c11-8-3-1-7(2-4-8)10(16)12-5-9-13-6-14-15-9/h1-4,6H,5H2,(H,12,16)(H,13,14,15). The maximum absolute atomic E-state index is 11.7. The van der Waals surface area contributed by atoms with Crippen molar-refractivity contribution in [3.8, 4) is 0 Å². The third-order valence-electron chi connectivity index (χ3n) is 1.99. The number of amides is 1. The van der Waals surface area contributed by atoms with Crippen LogP contribution in [0.15, 0.2) is 30.6 Å². The second-order valence-electron chi connectivity index (χ2n) is 3.12. The van der Waals surface area contributed by atoms with Gasteiger partial charge in [-0.3, -0.25) is 9.89 Å². The minimum absolute atomic E-state index is 0.118. The molecule has 5 nitrogen and oxygen atoms in total. The summed E-state index contributed by atoms with van der Waals surface area (Å²) in [4.78, 5) is 15.6. The summed E-state index contributed by atoms with van der Waals surface area (Å²) in [6.45, 7) is 0.352. The van der Waals surface area contributed by atoms with Crippen molar-refractivity contribution in [2.24, 2.45) is 0 Å². The van der Waals surface area contributed by atoms with Crippen LogP contribution in [0.1, 0.15) is 16.2 Å². The van der Waals surface area contributed by atoms with Crippen LogP contribution in [0.25, 0.3) is 0 Å². The Morgan fingerprint density at radius 1 is 1.38 bits per heavy atom. The number of H-pyrrole nitrogens is 1. The maximum Gasteiger partial charge on any atom is 0.251 e. The van der Waals surface area contributed by atoms with E-state index in [1.165, 1.54) is 6.33 Å². The van der Waals surface area contributed by atoms with Gasteiger partial charge in [-0.2, -0.15) is 5.10 Å². The fourth-order valence-corrected chi connectivity index (χ4v) is 1.54. The molecule has 16 heavy (non-hydrogen) atoms. The second-order valence-corrected chi connectivity index (χ2v) is 4.37. The quantitative estimate of drug-likeness (QED) is 0.836. The molecule has 0 radical (unpaired) electrons. The normalized spacial score (nSPS) is 10.1. The molecule has 0 fully saturated rings. The predicted molar refractivity (Wildman–Crippen MR) is 66.7 cm³/mol. The Morgan fingerprint density at radius 3 is 2.75 bits per heavy atom. The van der Waals surface area contributed by atoms with E-state index in [4.69, 9.17) is 0 Å². The number of aromatic amines is 1. The highest BCUT2D eigenvalue weighted by Crippen LogP contribution is 2.06. The zero-order valence-corrected chi connectivity index (χ0v) is 10.4. The van der Waals surface area contributed by atoms with Gasteiger partial charge < -0.3 is 5.32 Å². The van der Waals surface area contributed by atoms with E-state index in [2.05, 4.69) is 43.1 Å². The van der Waals surface area contributed by atoms with Crippen LogP contribution in [0.4, 0.5) is 0 Å². The lowest BCUT2D eigenvalue weighted by Gasteiger charge is -2.02. The van der Waals surface area contributed by atoms with Crippen LogP contribution in [-0.2, 0) is 6.54 Å². The summed E-state index contributed by atoms with van der Waals surface area (Å²) in [5, 5.41) is 9.12. The van der Waals surface area contributed by atoms with Crippen LogP contribution < -0.4 is 5.32 Å².